The molecule has 0 saturated carbocycles. The maximum atomic E-state index is 12.2. The minimum Gasteiger partial charge on any atom is -0.255 e. The maximum absolute atomic E-state index is 12.2. The third kappa shape index (κ3) is 3.64. The van der Waals surface area contributed by atoms with Gasteiger partial charge in [-0.05, 0) is 26.0 Å². The zero-order valence-corrected chi connectivity index (χ0v) is 12.6. The van der Waals surface area contributed by atoms with Crippen molar-refractivity contribution in [2.45, 2.75) is 31.2 Å². The average Bonchev–Trinajstić information content (AvgIpc) is 2.74. The van der Waals surface area contributed by atoms with Gasteiger partial charge >= 0.3 is 0 Å². The zero-order valence-electron chi connectivity index (χ0n) is 11.7. The largest absolute Gasteiger partial charge is 0.255 e. The summed E-state index contributed by atoms with van der Waals surface area (Å²) in [4.78, 5) is 0.272. The lowest BCUT2D eigenvalue weighted by Crippen LogP contribution is -2.34. The lowest BCUT2D eigenvalue weighted by atomic mass is 10.2. The van der Waals surface area contributed by atoms with Crippen molar-refractivity contribution in [1.82, 2.24) is 19.7 Å². The van der Waals surface area contributed by atoms with Crippen LogP contribution in [0, 0.1) is 6.92 Å². The molecule has 0 bridgehead atoms. The minimum absolute atomic E-state index is 0.252. The van der Waals surface area contributed by atoms with Crippen LogP contribution in [0.2, 0.25) is 0 Å². The molecule has 1 heterocycles. The smallest absolute Gasteiger partial charge is 0.240 e. The fourth-order valence-electron chi connectivity index (χ4n) is 1.89. The zero-order chi connectivity index (χ0) is 14.8. The average molecular weight is 294 g/mol. The molecule has 2 aromatic rings. The molecule has 108 valence electrons. The summed E-state index contributed by atoms with van der Waals surface area (Å²) < 4.78 is 28.6. The summed E-state index contributed by atoms with van der Waals surface area (Å²) in [6, 6.07) is 6.52. The predicted molar refractivity (Wildman–Crippen MR) is 75.7 cm³/mol. The van der Waals surface area contributed by atoms with Crippen molar-refractivity contribution in [3.8, 4) is 0 Å². The highest BCUT2D eigenvalue weighted by Gasteiger charge is 2.18. The SMILES string of the molecule is Cc1ccc(S(=O)(=O)N[C@H](C)Cc2cn(C)nn2)cc1. The second-order valence-electron chi connectivity index (χ2n) is 4.92. The molecule has 1 aromatic heterocycles. The lowest BCUT2D eigenvalue weighted by molar-refractivity contribution is 0.558. The highest BCUT2D eigenvalue weighted by atomic mass is 32.2. The van der Waals surface area contributed by atoms with E-state index in [4.69, 9.17) is 0 Å². The van der Waals surface area contributed by atoms with Gasteiger partial charge in [0.2, 0.25) is 10.0 Å². The Morgan fingerprint density at radius 1 is 1.30 bits per heavy atom. The fraction of sp³-hybridized carbons (Fsp3) is 0.385. The number of aromatic nitrogens is 3. The van der Waals surface area contributed by atoms with Crippen LogP contribution in [0.5, 0.6) is 0 Å². The summed E-state index contributed by atoms with van der Waals surface area (Å²) in [5, 5.41) is 7.77. The molecule has 0 spiro atoms. The van der Waals surface area contributed by atoms with Crippen LogP contribution in [0.4, 0.5) is 0 Å². The van der Waals surface area contributed by atoms with Crippen molar-refractivity contribution in [3.63, 3.8) is 0 Å². The van der Waals surface area contributed by atoms with E-state index in [0.29, 0.717) is 6.42 Å². The molecule has 6 nitrogen and oxygen atoms in total. The van der Waals surface area contributed by atoms with Crippen LogP contribution in [0.15, 0.2) is 35.4 Å². The van der Waals surface area contributed by atoms with Crippen LogP contribution in [-0.2, 0) is 23.5 Å². The van der Waals surface area contributed by atoms with Crippen molar-refractivity contribution in [1.29, 1.82) is 0 Å². The molecule has 0 aliphatic rings. The summed E-state index contributed by atoms with van der Waals surface area (Å²) in [7, 11) is -1.72. The first kappa shape index (κ1) is 14.7. The lowest BCUT2D eigenvalue weighted by Gasteiger charge is -2.13. The highest BCUT2D eigenvalue weighted by molar-refractivity contribution is 7.89. The van der Waals surface area contributed by atoms with Crippen LogP contribution < -0.4 is 4.72 Å². The van der Waals surface area contributed by atoms with Crippen molar-refractivity contribution < 1.29 is 8.42 Å². The molecule has 20 heavy (non-hydrogen) atoms. The molecule has 2 rings (SSSR count). The number of benzene rings is 1. The van der Waals surface area contributed by atoms with E-state index in [0.717, 1.165) is 11.3 Å². The molecular formula is C13H18N4O2S. The first-order valence-corrected chi connectivity index (χ1v) is 7.79. The van der Waals surface area contributed by atoms with E-state index < -0.39 is 10.0 Å². The van der Waals surface area contributed by atoms with Gasteiger partial charge in [-0.25, -0.2) is 13.1 Å². The van der Waals surface area contributed by atoms with Gasteiger partial charge in [0.05, 0.1) is 10.6 Å². The van der Waals surface area contributed by atoms with Crippen LogP contribution in [0.3, 0.4) is 0 Å². The molecule has 1 aromatic carbocycles. The van der Waals surface area contributed by atoms with Gasteiger partial charge in [-0.1, -0.05) is 22.9 Å². The molecular weight excluding hydrogens is 276 g/mol. The number of aryl methyl sites for hydroxylation is 2. The molecule has 1 atom stereocenters. The number of sulfonamides is 1. The second kappa shape index (κ2) is 5.72. The Labute approximate surface area is 118 Å². The van der Waals surface area contributed by atoms with E-state index in [2.05, 4.69) is 15.0 Å². The maximum Gasteiger partial charge on any atom is 0.240 e. The summed E-state index contributed by atoms with van der Waals surface area (Å²) in [5.74, 6) is 0. The van der Waals surface area contributed by atoms with E-state index >= 15 is 0 Å². The van der Waals surface area contributed by atoms with E-state index in [9.17, 15) is 8.42 Å². The summed E-state index contributed by atoms with van der Waals surface area (Å²) in [6.07, 6.45) is 2.27. The Morgan fingerprint density at radius 3 is 2.50 bits per heavy atom. The molecule has 7 heteroatoms. The van der Waals surface area contributed by atoms with E-state index in [-0.39, 0.29) is 10.9 Å². The number of hydrogen-bond acceptors (Lipinski definition) is 4. The van der Waals surface area contributed by atoms with Crippen molar-refractivity contribution >= 4 is 10.0 Å². The molecule has 0 aliphatic carbocycles. The van der Waals surface area contributed by atoms with Gasteiger partial charge < -0.3 is 0 Å². The number of rotatable bonds is 5. The monoisotopic (exact) mass is 294 g/mol. The predicted octanol–water partition coefficient (Wildman–Crippen LogP) is 1.03. The number of hydrogen-bond donors (Lipinski definition) is 1. The van der Waals surface area contributed by atoms with Gasteiger partial charge in [0.1, 0.15) is 0 Å². The van der Waals surface area contributed by atoms with Gasteiger partial charge in [-0.15, -0.1) is 5.10 Å². The van der Waals surface area contributed by atoms with Gasteiger partial charge in [0.15, 0.2) is 0 Å². The molecule has 0 saturated heterocycles. The van der Waals surface area contributed by atoms with Crippen LogP contribution in [-0.4, -0.2) is 29.5 Å². The summed E-state index contributed by atoms with van der Waals surface area (Å²) >= 11 is 0. The topological polar surface area (TPSA) is 76.9 Å². The minimum atomic E-state index is -3.49. The molecule has 0 radical (unpaired) electrons. The molecule has 0 aliphatic heterocycles. The number of nitrogens with zero attached hydrogens (tertiary/aromatic N) is 3. The second-order valence-corrected chi connectivity index (χ2v) is 6.64. The molecule has 0 fully saturated rings. The summed E-state index contributed by atoms with van der Waals surface area (Å²) in [6.45, 7) is 3.72. The van der Waals surface area contributed by atoms with E-state index in [1.807, 2.05) is 6.92 Å². The van der Waals surface area contributed by atoms with E-state index in [1.54, 1.807) is 49.1 Å². The van der Waals surface area contributed by atoms with Gasteiger partial charge in [-0.3, -0.25) is 4.68 Å². The standard InChI is InChI=1S/C13H18N4O2S/c1-10-4-6-13(7-5-10)20(18,19)15-11(2)8-12-9-17(3)16-14-12/h4-7,9,11,15H,8H2,1-3H3/t11-/m1/s1. The van der Waals surface area contributed by atoms with Crippen LogP contribution >= 0.6 is 0 Å². The van der Waals surface area contributed by atoms with Crippen molar-refractivity contribution in [3.05, 3.63) is 41.7 Å². The van der Waals surface area contributed by atoms with Gasteiger partial charge in [0, 0.05) is 25.7 Å². The van der Waals surface area contributed by atoms with Gasteiger partial charge in [-0.2, -0.15) is 0 Å². The third-order valence-electron chi connectivity index (χ3n) is 2.85. The van der Waals surface area contributed by atoms with Crippen molar-refractivity contribution in [2.75, 3.05) is 0 Å². The van der Waals surface area contributed by atoms with E-state index in [1.165, 1.54) is 0 Å². The molecule has 0 amide bonds. The number of nitrogens with one attached hydrogen (secondary N) is 1. The first-order valence-electron chi connectivity index (χ1n) is 6.31. The Bertz CT molecular complexity index is 677. The third-order valence-corrected chi connectivity index (χ3v) is 4.46. The normalized spacial score (nSPS) is 13.3. The highest BCUT2D eigenvalue weighted by Crippen LogP contribution is 2.11. The molecule has 0 unspecified atom stereocenters. The fourth-order valence-corrected chi connectivity index (χ4v) is 3.14. The Balaban J connectivity index is 2.06. The molecule has 1 N–H and O–H groups in total. The quantitative estimate of drug-likeness (QED) is 0.893. The van der Waals surface area contributed by atoms with Crippen molar-refractivity contribution in [2.24, 2.45) is 7.05 Å². The van der Waals surface area contributed by atoms with Gasteiger partial charge in [0.25, 0.3) is 0 Å². The Hall–Kier alpha value is -1.73. The van der Waals surface area contributed by atoms with Crippen LogP contribution in [0.25, 0.3) is 0 Å². The Kier molecular flexibility index (Phi) is 4.20. The Morgan fingerprint density at radius 2 is 1.95 bits per heavy atom. The van der Waals surface area contributed by atoms with Crippen LogP contribution in [0.1, 0.15) is 18.2 Å². The summed E-state index contributed by atoms with van der Waals surface area (Å²) in [5.41, 5.74) is 1.78. The first-order chi connectivity index (χ1) is 9.37.